The lowest BCUT2D eigenvalue weighted by Crippen LogP contribution is -2.09. The highest BCUT2D eigenvalue weighted by atomic mass is 79.9. The van der Waals surface area contributed by atoms with E-state index in [1.165, 1.54) is 4.88 Å². The van der Waals surface area contributed by atoms with Gasteiger partial charge < -0.3 is 5.32 Å². The SMILES string of the molecule is CCC(Nc1cc(Br)ncn1)c1cccs1. The van der Waals surface area contributed by atoms with E-state index in [1.54, 1.807) is 17.7 Å². The van der Waals surface area contributed by atoms with Gasteiger partial charge in [0.1, 0.15) is 16.7 Å². The number of halogens is 1. The van der Waals surface area contributed by atoms with Crippen LogP contribution in [0, 0.1) is 0 Å². The predicted molar refractivity (Wildman–Crippen MR) is 70.7 cm³/mol. The highest BCUT2D eigenvalue weighted by Crippen LogP contribution is 2.25. The number of hydrogen-bond donors (Lipinski definition) is 1. The van der Waals surface area contributed by atoms with Crippen molar-refractivity contribution in [3.8, 4) is 0 Å². The molecular weight excluding hydrogens is 286 g/mol. The Morgan fingerprint density at radius 1 is 1.50 bits per heavy atom. The van der Waals surface area contributed by atoms with Gasteiger partial charge in [-0.05, 0) is 33.8 Å². The molecule has 2 aromatic rings. The standard InChI is InChI=1S/C11H12BrN3S/c1-2-8(9-4-3-5-16-9)15-11-6-10(12)13-7-14-11/h3-8H,2H2,1H3,(H,13,14,15). The molecule has 0 fully saturated rings. The lowest BCUT2D eigenvalue weighted by atomic mass is 10.2. The summed E-state index contributed by atoms with van der Waals surface area (Å²) in [5.41, 5.74) is 0. The first kappa shape index (κ1) is 11.5. The van der Waals surface area contributed by atoms with Gasteiger partial charge in [0.2, 0.25) is 0 Å². The molecule has 84 valence electrons. The summed E-state index contributed by atoms with van der Waals surface area (Å²) in [6.45, 7) is 2.16. The van der Waals surface area contributed by atoms with Gasteiger partial charge in [0.05, 0.1) is 6.04 Å². The summed E-state index contributed by atoms with van der Waals surface area (Å²) in [4.78, 5) is 9.52. The molecule has 1 atom stereocenters. The molecule has 3 nitrogen and oxygen atoms in total. The highest BCUT2D eigenvalue weighted by Gasteiger charge is 2.10. The van der Waals surface area contributed by atoms with Crippen molar-refractivity contribution in [2.75, 3.05) is 5.32 Å². The largest absolute Gasteiger partial charge is 0.362 e. The number of hydrogen-bond acceptors (Lipinski definition) is 4. The van der Waals surface area contributed by atoms with E-state index in [-0.39, 0.29) is 0 Å². The molecule has 2 heterocycles. The zero-order chi connectivity index (χ0) is 11.4. The molecule has 1 N–H and O–H groups in total. The molecule has 16 heavy (non-hydrogen) atoms. The second-order valence-electron chi connectivity index (χ2n) is 3.35. The molecule has 0 bridgehead atoms. The van der Waals surface area contributed by atoms with E-state index in [2.05, 4.69) is 55.7 Å². The van der Waals surface area contributed by atoms with Crippen LogP contribution in [-0.2, 0) is 0 Å². The smallest absolute Gasteiger partial charge is 0.130 e. The van der Waals surface area contributed by atoms with Crippen LogP contribution >= 0.6 is 27.3 Å². The number of aromatic nitrogens is 2. The van der Waals surface area contributed by atoms with Crippen LogP contribution in [0.25, 0.3) is 0 Å². The first-order chi connectivity index (χ1) is 7.79. The minimum absolute atomic E-state index is 0.321. The number of rotatable bonds is 4. The topological polar surface area (TPSA) is 37.8 Å². The molecule has 0 aliphatic carbocycles. The Labute approximate surface area is 107 Å². The highest BCUT2D eigenvalue weighted by molar-refractivity contribution is 9.10. The zero-order valence-electron chi connectivity index (χ0n) is 8.85. The average molecular weight is 298 g/mol. The maximum absolute atomic E-state index is 4.19. The van der Waals surface area contributed by atoms with Gasteiger partial charge in [0.25, 0.3) is 0 Å². The van der Waals surface area contributed by atoms with Gasteiger partial charge in [-0.15, -0.1) is 11.3 Å². The molecule has 0 amide bonds. The molecule has 0 saturated carbocycles. The third-order valence-electron chi connectivity index (χ3n) is 2.25. The lowest BCUT2D eigenvalue weighted by Gasteiger charge is -2.15. The minimum atomic E-state index is 0.321. The van der Waals surface area contributed by atoms with Gasteiger partial charge in [-0.3, -0.25) is 0 Å². The molecule has 0 radical (unpaired) electrons. The Morgan fingerprint density at radius 3 is 3.00 bits per heavy atom. The molecule has 0 aromatic carbocycles. The van der Waals surface area contributed by atoms with Crippen molar-refractivity contribution in [2.24, 2.45) is 0 Å². The lowest BCUT2D eigenvalue weighted by molar-refractivity contribution is 0.757. The first-order valence-corrected chi connectivity index (χ1v) is 6.74. The number of thiophene rings is 1. The Morgan fingerprint density at radius 2 is 2.38 bits per heavy atom. The van der Waals surface area contributed by atoms with Gasteiger partial charge in [-0.2, -0.15) is 0 Å². The van der Waals surface area contributed by atoms with E-state index in [0.717, 1.165) is 16.8 Å². The van der Waals surface area contributed by atoms with Gasteiger partial charge >= 0.3 is 0 Å². The molecular formula is C11H12BrN3S. The number of nitrogens with one attached hydrogen (secondary N) is 1. The molecule has 5 heteroatoms. The Kier molecular flexibility index (Phi) is 3.90. The Balaban J connectivity index is 2.13. The molecule has 0 saturated heterocycles. The summed E-state index contributed by atoms with van der Waals surface area (Å²) in [6, 6.07) is 6.42. The molecule has 0 aliphatic heterocycles. The van der Waals surface area contributed by atoms with Crippen LogP contribution in [0.1, 0.15) is 24.3 Å². The maximum atomic E-state index is 4.19. The molecule has 1 unspecified atom stereocenters. The van der Waals surface area contributed by atoms with Crippen molar-refractivity contribution in [3.63, 3.8) is 0 Å². The van der Waals surface area contributed by atoms with Crippen LogP contribution in [-0.4, -0.2) is 9.97 Å². The Bertz CT molecular complexity index is 444. The van der Waals surface area contributed by atoms with Crippen LogP contribution < -0.4 is 5.32 Å². The van der Waals surface area contributed by atoms with Gasteiger partial charge in [0, 0.05) is 10.9 Å². The van der Waals surface area contributed by atoms with Crippen molar-refractivity contribution >= 4 is 33.1 Å². The van der Waals surface area contributed by atoms with Crippen LogP contribution in [0.2, 0.25) is 0 Å². The van der Waals surface area contributed by atoms with Crippen molar-refractivity contribution in [2.45, 2.75) is 19.4 Å². The quantitative estimate of drug-likeness (QED) is 0.871. The van der Waals surface area contributed by atoms with Crippen LogP contribution in [0.15, 0.2) is 34.5 Å². The first-order valence-electron chi connectivity index (χ1n) is 5.07. The van der Waals surface area contributed by atoms with E-state index < -0.39 is 0 Å². The third-order valence-corrected chi connectivity index (χ3v) is 3.67. The predicted octanol–water partition coefficient (Wildman–Crippen LogP) is 3.86. The summed E-state index contributed by atoms with van der Waals surface area (Å²) in [7, 11) is 0. The fourth-order valence-corrected chi connectivity index (χ4v) is 2.62. The fourth-order valence-electron chi connectivity index (χ4n) is 1.45. The average Bonchev–Trinajstić information content (AvgIpc) is 2.79. The van der Waals surface area contributed by atoms with E-state index in [1.807, 2.05) is 6.07 Å². The van der Waals surface area contributed by atoms with Crippen molar-refractivity contribution in [3.05, 3.63) is 39.4 Å². The number of anilines is 1. The second-order valence-corrected chi connectivity index (χ2v) is 5.14. The minimum Gasteiger partial charge on any atom is -0.362 e. The summed E-state index contributed by atoms with van der Waals surface area (Å²) in [5, 5.41) is 5.49. The van der Waals surface area contributed by atoms with E-state index in [0.29, 0.717) is 6.04 Å². The normalized spacial score (nSPS) is 12.4. The summed E-state index contributed by atoms with van der Waals surface area (Å²) < 4.78 is 0.797. The number of nitrogens with zero attached hydrogens (tertiary/aromatic N) is 2. The summed E-state index contributed by atoms with van der Waals surface area (Å²) in [6.07, 6.45) is 2.58. The van der Waals surface area contributed by atoms with E-state index in [4.69, 9.17) is 0 Å². The maximum Gasteiger partial charge on any atom is 0.130 e. The van der Waals surface area contributed by atoms with Gasteiger partial charge in [-0.1, -0.05) is 13.0 Å². The summed E-state index contributed by atoms with van der Waals surface area (Å²) >= 11 is 5.10. The van der Waals surface area contributed by atoms with E-state index in [9.17, 15) is 0 Å². The van der Waals surface area contributed by atoms with Crippen LogP contribution in [0.3, 0.4) is 0 Å². The molecule has 0 spiro atoms. The zero-order valence-corrected chi connectivity index (χ0v) is 11.3. The molecule has 2 rings (SSSR count). The van der Waals surface area contributed by atoms with Crippen molar-refractivity contribution < 1.29 is 0 Å². The van der Waals surface area contributed by atoms with E-state index >= 15 is 0 Å². The Hall–Kier alpha value is -0.940. The monoisotopic (exact) mass is 297 g/mol. The van der Waals surface area contributed by atoms with Crippen LogP contribution in [0.4, 0.5) is 5.82 Å². The molecule has 2 aromatic heterocycles. The second kappa shape index (κ2) is 5.41. The fraction of sp³-hybridized carbons (Fsp3) is 0.273. The van der Waals surface area contributed by atoms with Gasteiger partial charge in [0.15, 0.2) is 0 Å². The van der Waals surface area contributed by atoms with Crippen LogP contribution in [0.5, 0.6) is 0 Å². The van der Waals surface area contributed by atoms with Gasteiger partial charge in [-0.25, -0.2) is 9.97 Å². The van der Waals surface area contributed by atoms with Crippen molar-refractivity contribution in [1.82, 2.24) is 9.97 Å². The molecule has 0 aliphatic rings. The summed E-state index contributed by atoms with van der Waals surface area (Å²) in [5.74, 6) is 0.849. The third kappa shape index (κ3) is 2.80. The van der Waals surface area contributed by atoms with Crippen molar-refractivity contribution in [1.29, 1.82) is 0 Å².